The van der Waals surface area contributed by atoms with E-state index in [9.17, 15) is 19.2 Å². The number of rotatable bonds is 4. The summed E-state index contributed by atoms with van der Waals surface area (Å²) in [5, 5.41) is 10.7. The number of nitrogens with one attached hydrogen (secondary N) is 1. The van der Waals surface area contributed by atoms with Crippen LogP contribution in [0.3, 0.4) is 0 Å². The molecule has 0 spiro atoms. The summed E-state index contributed by atoms with van der Waals surface area (Å²) in [4.78, 5) is 53.5. The van der Waals surface area contributed by atoms with Gasteiger partial charge >= 0.3 is 0 Å². The van der Waals surface area contributed by atoms with Gasteiger partial charge in [0.05, 0.1) is 11.9 Å². The van der Waals surface area contributed by atoms with Gasteiger partial charge in [0.1, 0.15) is 6.04 Å². The van der Waals surface area contributed by atoms with Gasteiger partial charge in [0.25, 0.3) is 11.8 Å². The molecule has 2 atom stereocenters. The normalized spacial score (nSPS) is 24.9. The molecule has 1 aromatic heterocycles. The summed E-state index contributed by atoms with van der Waals surface area (Å²) in [7, 11) is 0. The van der Waals surface area contributed by atoms with Crippen molar-refractivity contribution in [2.45, 2.75) is 50.7 Å². The molecule has 35 heavy (non-hydrogen) atoms. The third-order valence-corrected chi connectivity index (χ3v) is 8.44. The van der Waals surface area contributed by atoms with Crippen LogP contribution < -0.4 is 5.32 Å². The maximum absolute atomic E-state index is 13.3. The summed E-state index contributed by atoms with van der Waals surface area (Å²) in [6.07, 6.45) is 5.55. The highest BCUT2D eigenvalue weighted by Crippen LogP contribution is 2.38. The van der Waals surface area contributed by atoms with Crippen LogP contribution in [0.2, 0.25) is 0 Å². The number of amides is 4. The topological polar surface area (TPSA) is 118 Å². The largest absolute Gasteiger partial charge is 0.333 e. The number of carbonyl (C=O) groups excluding carboxylic acids is 4. The van der Waals surface area contributed by atoms with Gasteiger partial charge in [0.15, 0.2) is 5.69 Å². The molecule has 2 unspecified atom stereocenters. The summed E-state index contributed by atoms with van der Waals surface area (Å²) >= 11 is 1.92. The Kier molecular flexibility index (Phi) is 5.58. The van der Waals surface area contributed by atoms with Crippen molar-refractivity contribution >= 4 is 35.4 Å². The predicted molar refractivity (Wildman–Crippen MR) is 127 cm³/mol. The lowest BCUT2D eigenvalue weighted by molar-refractivity contribution is -0.136. The van der Waals surface area contributed by atoms with E-state index in [2.05, 4.69) is 15.6 Å². The van der Waals surface area contributed by atoms with Crippen LogP contribution in [0.1, 0.15) is 58.5 Å². The lowest BCUT2D eigenvalue weighted by Gasteiger charge is -2.29. The first-order chi connectivity index (χ1) is 17.0. The molecule has 2 aromatic rings. The van der Waals surface area contributed by atoms with Crippen molar-refractivity contribution in [1.82, 2.24) is 30.1 Å². The maximum Gasteiger partial charge on any atom is 0.276 e. The second-order valence-electron chi connectivity index (χ2n) is 9.62. The Morgan fingerprint density at radius 1 is 1.14 bits per heavy atom. The minimum atomic E-state index is -0.655. The summed E-state index contributed by atoms with van der Waals surface area (Å²) in [6.45, 7) is 1.03. The van der Waals surface area contributed by atoms with Gasteiger partial charge in [0, 0.05) is 36.9 Å². The summed E-state index contributed by atoms with van der Waals surface area (Å²) in [5.41, 5.74) is 2.32. The minimum Gasteiger partial charge on any atom is -0.333 e. The third-order valence-electron chi connectivity index (χ3n) is 7.29. The van der Waals surface area contributed by atoms with E-state index < -0.39 is 11.9 Å². The lowest BCUT2D eigenvalue weighted by atomic mass is 10.0. The van der Waals surface area contributed by atoms with E-state index in [1.165, 1.54) is 17.7 Å². The van der Waals surface area contributed by atoms with Crippen molar-refractivity contribution < 1.29 is 19.2 Å². The number of fused-ring (bicyclic) bond motifs is 1. The molecule has 1 saturated carbocycles. The maximum atomic E-state index is 13.3. The lowest BCUT2D eigenvalue weighted by Crippen LogP contribution is -2.52. The highest BCUT2D eigenvalue weighted by atomic mass is 32.2. The molecule has 10 nitrogen and oxygen atoms in total. The molecule has 3 aliphatic heterocycles. The van der Waals surface area contributed by atoms with Crippen LogP contribution >= 0.6 is 11.8 Å². The minimum absolute atomic E-state index is 0.0731. The summed E-state index contributed by atoms with van der Waals surface area (Å²) in [6, 6.07) is 4.94. The van der Waals surface area contributed by atoms with E-state index in [-0.39, 0.29) is 36.7 Å². The second kappa shape index (κ2) is 8.78. The first-order valence-electron chi connectivity index (χ1n) is 12.1. The van der Waals surface area contributed by atoms with E-state index in [1.807, 2.05) is 22.7 Å². The number of thioether (sulfide) groups is 1. The first kappa shape index (κ1) is 22.3. The molecule has 11 heteroatoms. The van der Waals surface area contributed by atoms with Crippen molar-refractivity contribution in [3.63, 3.8) is 0 Å². The molecule has 6 rings (SSSR count). The Morgan fingerprint density at radius 2 is 2.00 bits per heavy atom. The van der Waals surface area contributed by atoms with Crippen LogP contribution in [0.5, 0.6) is 0 Å². The van der Waals surface area contributed by atoms with Crippen molar-refractivity contribution in [2.24, 2.45) is 5.92 Å². The SMILES string of the molecule is O=C1CCC(N2Cc3cc(-n4cc(C(=O)N5CCCSCC5C5CC5)nn4)ccc3C2=O)C(=O)N1. The average molecular weight is 495 g/mol. The Bertz CT molecular complexity index is 1220. The van der Waals surface area contributed by atoms with Crippen molar-refractivity contribution in [3.8, 4) is 5.69 Å². The monoisotopic (exact) mass is 494 g/mol. The summed E-state index contributed by atoms with van der Waals surface area (Å²) in [5.74, 6) is 1.61. The van der Waals surface area contributed by atoms with E-state index in [4.69, 9.17) is 0 Å². The Balaban J connectivity index is 1.21. The molecule has 1 N–H and O–H groups in total. The highest BCUT2D eigenvalue weighted by molar-refractivity contribution is 7.99. The van der Waals surface area contributed by atoms with Gasteiger partial charge in [-0.3, -0.25) is 24.5 Å². The zero-order valence-electron chi connectivity index (χ0n) is 19.2. The van der Waals surface area contributed by atoms with Gasteiger partial charge in [-0.15, -0.1) is 5.10 Å². The molecule has 4 amide bonds. The second-order valence-corrected chi connectivity index (χ2v) is 10.8. The van der Waals surface area contributed by atoms with Crippen LogP contribution in [0, 0.1) is 5.92 Å². The summed E-state index contributed by atoms with van der Waals surface area (Å²) < 4.78 is 1.56. The fraction of sp³-hybridized carbons (Fsp3) is 0.500. The predicted octanol–water partition coefficient (Wildman–Crippen LogP) is 1.39. The van der Waals surface area contributed by atoms with E-state index in [1.54, 1.807) is 23.0 Å². The van der Waals surface area contributed by atoms with Gasteiger partial charge in [0.2, 0.25) is 11.8 Å². The molecule has 182 valence electrons. The Labute approximate surface area is 206 Å². The fourth-order valence-corrected chi connectivity index (χ4v) is 6.45. The van der Waals surface area contributed by atoms with Crippen LogP contribution in [0.15, 0.2) is 24.4 Å². The van der Waals surface area contributed by atoms with Crippen LogP contribution in [-0.4, -0.2) is 78.6 Å². The number of hydrogen-bond acceptors (Lipinski definition) is 7. The molecular weight excluding hydrogens is 468 g/mol. The zero-order valence-corrected chi connectivity index (χ0v) is 20.0. The van der Waals surface area contributed by atoms with Gasteiger partial charge in [-0.05, 0) is 61.1 Å². The molecule has 1 aromatic carbocycles. The van der Waals surface area contributed by atoms with Crippen molar-refractivity contribution in [1.29, 1.82) is 0 Å². The third kappa shape index (κ3) is 4.11. The zero-order chi connectivity index (χ0) is 24.1. The van der Waals surface area contributed by atoms with E-state index in [0.29, 0.717) is 29.3 Å². The van der Waals surface area contributed by atoms with Crippen LogP contribution in [-0.2, 0) is 16.1 Å². The quantitative estimate of drug-likeness (QED) is 0.638. The smallest absolute Gasteiger partial charge is 0.276 e. The van der Waals surface area contributed by atoms with Gasteiger partial charge < -0.3 is 9.80 Å². The number of benzene rings is 1. The Morgan fingerprint density at radius 3 is 2.80 bits per heavy atom. The molecule has 3 fully saturated rings. The molecule has 0 bridgehead atoms. The number of piperidine rings is 1. The molecule has 4 heterocycles. The van der Waals surface area contributed by atoms with Crippen molar-refractivity contribution in [2.75, 3.05) is 18.1 Å². The van der Waals surface area contributed by atoms with Crippen molar-refractivity contribution in [3.05, 3.63) is 41.2 Å². The molecule has 4 aliphatic rings. The van der Waals surface area contributed by atoms with Gasteiger partial charge in [-0.1, -0.05) is 5.21 Å². The number of carbonyl (C=O) groups is 4. The molecule has 2 saturated heterocycles. The molecule has 0 radical (unpaired) electrons. The number of nitrogens with zero attached hydrogens (tertiary/aromatic N) is 5. The number of hydrogen-bond donors (Lipinski definition) is 1. The number of aromatic nitrogens is 3. The van der Waals surface area contributed by atoms with Gasteiger partial charge in [-0.2, -0.15) is 11.8 Å². The Hall–Kier alpha value is -3.21. The van der Waals surface area contributed by atoms with Gasteiger partial charge in [-0.25, -0.2) is 4.68 Å². The fourth-order valence-electron chi connectivity index (χ4n) is 5.26. The number of imide groups is 1. The standard InChI is InChI=1S/C24H26N6O4S/c31-21-7-6-19(22(32)25-21)29-11-15-10-16(4-5-17(15)23(29)33)30-12-18(26-27-30)24(34)28-8-1-9-35-13-20(28)14-2-3-14/h4-5,10,12,14,19-20H,1-3,6-9,11,13H2,(H,25,31,32). The first-order valence-corrected chi connectivity index (χ1v) is 13.2. The van der Waals surface area contributed by atoms with Crippen LogP contribution in [0.4, 0.5) is 0 Å². The van der Waals surface area contributed by atoms with E-state index >= 15 is 0 Å². The molecular formula is C24H26N6O4S. The van der Waals surface area contributed by atoms with E-state index in [0.717, 1.165) is 30.0 Å². The highest BCUT2D eigenvalue weighted by Gasteiger charge is 2.40. The average Bonchev–Trinajstić information content (AvgIpc) is 3.54. The molecule has 1 aliphatic carbocycles. The van der Waals surface area contributed by atoms with Crippen LogP contribution in [0.25, 0.3) is 5.69 Å².